The molecule has 1 unspecified atom stereocenters. The summed E-state index contributed by atoms with van der Waals surface area (Å²) < 4.78 is 55.8. The normalized spacial score (nSPS) is 20.2. The van der Waals surface area contributed by atoms with Crippen LogP contribution in [0, 0.1) is 0 Å². The number of hydrogen-bond acceptors (Lipinski definition) is 12. The second-order valence-corrected chi connectivity index (χ2v) is 17.5. The van der Waals surface area contributed by atoms with Gasteiger partial charge in [0.25, 0.3) is 0 Å². The third-order valence-corrected chi connectivity index (χ3v) is 11.4. The zero-order valence-electron chi connectivity index (χ0n) is 36.2. The second-order valence-electron chi connectivity index (χ2n) is 16.1. The summed E-state index contributed by atoms with van der Waals surface area (Å²) in [5.41, 5.74) is 0. The SMILES string of the molecule is CCCCCCCCCCCCCCCCCC(=O)OCC(CO[C@H]1O[C@H](CS(=O)(=O)[O-])[C@@H](O)[C@H](O)[C@H]1O)OC(=O)CCCCCCCCCCCCCCC.[Na+]. The van der Waals surface area contributed by atoms with Gasteiger partial charge in [0.15, 0.2) is 12.4 Å². The van der Waals surface area contributed by atoms with Crippen LogP contribution in [0.15, 0.2) is 0 Å². The van der Waals surface area contributed by atoms with Crippen LogP contribution >= 0.6 is 0 Å². The van der Waals surface area contributed by atoms with Gasteiger partial charge in [-0.2, -0.15) is 0 Å². The summed E-state index contributed by atoms with van der Waals surface area (Å²) in [4.78, 5) is 25.3. The van der Waals surface area contributed by atoms with Gasteiger partial charge in [-0.05, 0) is 12.8 Å². The predicted octanol–water partition coefficient (Wildman–Crippen LogP) is 5.56. The van der Waals surface area contributed by atoms with E-state index >= 15 is 0 Å². The van der Waals surface area contributed by atoms with Gasteiger partial charge in [0.05, 0.1) is 22.5 Å². The average Bonchev–Trinajstić information content (AvgIpc) is 3.16. The first kappa shape index (κ1) is 56.6. The number of unbranched alkanes of at least 4 members (excludes halogenated alkanes) is 26. The molecule has 0 amide bonds. The number of hydrogen-bond donors (Lipinski definition) is 3. The van der Waals surface area contributed by atoms with Gasteiger partial charge in [-0.15, -0.1) is 0 Å². The monoisotopic (exact) mass is 845 g/mol. The Balaban J connectivity index is 0.0000314. The van der Waals surface area contributed by atoms with Crippen LogP contribution < -0.4 is 29.6 Å². The van der Waals surface area contributed by atoms with Gasteiger partial charge in [0, 0.05) is 12.8 Å². The largest absolute Gasteiger partial charge is 1.00 e. The molecule has 0 aromatic carbocycles. The summed E-state index contributed by atoms with van der Waals surface area (Å²) in [5.74, 6) is -2.09. The Morgan fingerprint density at radius 2 is 0.930 bits per heavy atom. The molecule has 14 heteroatoms. The van der Waals surface area contributed by atoms with Crippen molar-refractivity contribution in [2.75, 3.05) is 19.0 Å². The quantitative estimate of drug-likeness (QED) is 0.0305. The van der Waals surface area contributed by atoms with Crippen molar-refractivity contribution in [3.05, 3.63) is 0 Å². The van der Waals surface area contributed by atoms with E-state index in [9.17, 15) is 37.9 Å². The fourth-order valence-electron chi connectivity index (χ4n) is 7.14. The standard InChI is InChI=1S/C43H82O12S.Na/c1-3-5-7-9-11-13-15-17-18-20-21-23-25-27-29-31-38(44)52-33-36(34-53-43-42(48)41(47)40(46)37(55-43)35-56(49,50)51)54-39(45)32-30-28-26-24-22-19-16-14-12-10-8-6-4-2;/h36-37,40-43,46-48H,3-35H2,1-2H3,(H,49,50,51);/q;+1/p-1/t36?,37-,40-,41+,42-,43+;/m1./s1. The van der Waals surface area contributed by atoms with Gasteiger partial charge < -0.3 is 38.8 Å². The van der Waals surface area contributed by atoms with E-state index in [1.54, 1.807) is 0 Å². The maximum Gasteiger partial charge on any atom is 1.00 e. The zero-order valence-corrected chi connectivity index (χ0v) is 39.0. The van der Waals surface area contributed by atoms with Crippen LogP contribution in [0.3, 0.4) is 0 Å². The summed E-state index contributed by atoms with van der Waals surface area (Å²) in [6.07, 6.45) is 24.0. The van der Waals surface area contributed by atoms with Crippen molar-refractivity contribution < 1.29 is 86.4 Å². The number of esters is 2. The minimum absolute atomic E-state index is 0. The maximum atomic E-state index is 12.8. The summed E-state index contributed by atoms with van der Waals surface area (Å²) in [6.45, 7) is 3.74. The Hall–Kier alpha value is -0.350. The summed E-state index contributed by atoms with van der Waals surface area (Å²) >= 11 is 0. The average molecular weight is 845 g/mol. The minimum atomic E-state index is -4.84. The molecule has 0 spiro atoms. The van der Waals surface area contributed by atoms with E-state index in [2.05, 4.69) is 13.8 Å². The molecule has 1 rings (SSSR count). The van der Waals surface area contributed by atoms with Crippen molar-refractivity contribution in [3.63, 3.8) is 0 Å². The number of carbonyl (C=O) groups is 2. The fraction of sp³-hybridized carbons (Fsp3) is 0.953. The van der Waals surface area contributed by atoms with Crippen LogP contribution in [-0.4, -0.2) is 96.0 Å². The van der Waals surface area contributed by atoms with Crippen LogP contribution in [0.4, 0.5) is 0 Å². The van der Waals surface area contributed by atoms with Crippen molar-refractivity contribution in [2.24, 2.45) is 0 Å². The Morgan fingerprint density at radius 3 is 1.32 bits per heavy atom. The molecule has 1 aliphatic heterocycles. The van der Waals surface area contributed by atoms with Gasteiger partial charge in [0.2, 0.25) is 0 Å². The summed E-state index contributed by atoms with van der Waals surface area (Å²) in [6, 6.07) is 0. The molecule has 1 saturated heterocycles. The number of ether oxygens (including phenoxy) is 4. The molecular weight excluding hydrogens is 764 g/mol. The zero-order chi connectivity index (χ0) is 41.3. The fourth-order valence-corrected chi connectivity index (χ4v) is 7.82. The van der Waals surface area contributed by atoms with E-state index in [-0.39, 0.29) is 49.0 Å². The van der Waals surface area contributed by atoms with E-state index in [4.69, 9.17) is 18.9 Å². The Morgan fingerprint density at radius 1 is 0.561 bits per heavy atom. The van der Waals surface area contributed by atoms with Crippen LogP contribution in [0.2, 0.25) is 0 Å². The van der Waals surface area contributed by atoms with E-state index in [1.807, 2.05) is 0 Å². The topological polar surface area (TPSA) is 189 Å². The number of aliphatic hydroxyl groups excluding tert-OH is 3. The van der Waals surface area contributed by atoms with Crippen molar-refractivity contribution in [3.8, 4) is 0 Å². The molecule has 0 bridgehead atoms. The Labute approximate surface area is 368 Å². The predicted molar refractivity (Wildman–Crippen MR) is 218 cm³/mol. The van der Waals surface area contributed by atoms with Gasteiger partial charge in [-0.25, -0.2) is 8.42 Å². The van der Waals surface area contributed by atoms with Gasteiger partial charge in [0.1, 0.15) is 31.0 Å². The third-order valence-electron chi connectivity index (χ3n) is 10.7. The molecule has 3 N–H and O–H groups in total. The Bertz CT molecular complexity index is 1060. The molecule has 0 aromatic rings. The molecule has 1 heterocycles. The Kier molecular flexibility index (Phi) is 37.2. The van der Waals surface area contributed by atoms with Gasteiger partial charge in [-0.3, -0.25) is 9.59 Å². The first-order chi connectivity index (χ1) is 27.0. The molecular formula is C43H81NaO12S. The van der Waals surface area contributed by atoms with Crippen LogP contribution in [0.5, 0.6) is 0 Å². The van der Waals surface area contributed by atoms with Crippen molar-refractivity contribution in [2.45, 2.75) is 243 Å². The van der Waals surface area contributed by atoms with E-state index in [0.29, 0.717) is 12.8 Å². The van der Waals surface area contributed by atoms with E-state index in [1.165, 1.54) is 128 Å². The molecule has 0 aliphatic carbocycles. The molecule has 0 saturated carbocycles. The second kappa shape index (κ2) is 37.4. The molecule has 332 valence electrons. The van der Waals surface area contributed by atoms with Gasteiger partial charge in [-0.1, -0.05) is 181 Å². The van der Waals surface area contributed by atoms with Crippen molar-refractivity contribution in [1.29, 1.82) is 0 Å². The maximum absolute atomic E-state index is 12.8. The molecule has 12 nitrogen and oxygen atoms in total. The van der Waals surface area contributed by atoms with Crippen LogP contribution in [0.1, 0.15) is 206 Å². The smallest absolute Gasteiger partial charge is 0.748 e. The van der Waals surface area contributed by atoms with Crippen molar-refractivity contribution in [1.82, 2.24) is 0 Å². The molecule has 57 heavy (non-hydrogen) atoms. The van der Waals surface area contributed by atoms with Crippen LogP contribution in [-0.2, 0) is 38.7 Å². The molecule has 1 fully saturated rings. The van der Waals surface area contributed by atoms with Crippen LogP contribution in [0.25, 0.3) is 0 Å². The van der Waals surface area contributed by atoms with Gasteiger partial charge >= 0.3 is 41.5 Å². The first-order valence-corrected chi connectivity index (χ1v) is 24.2. The van der Waals surface area contributed by atoms with E-state index in [0.717, 1.165) is 38.5 Å². The summed E-state index contributed by atoms with van der Waals surface area (Å²) in [5, 5.41) is 30.8. The number of rotatable bonds is 38. The summed E-state index contributed by atoms with van der Waals surface area (Å²) in [7, 11) is -4.84. The molecule has 1 aliphatic rings. The third kappa shape index (κ3) is 32.1. The van der Waals surface area contributed by atoms with E-state index < -0.39 is 71.2 Å². The first-order valence-electron chi connectivity index (χ1n) is 22.6. The minimum Gasteiger partial charge on any atom is -0.748 e. The molecule has 0 aromatic heterocycles. The molecule has 0 radical (unpaired) electrons. The number of carbonyl (C=O) groups excluding carboxylic acids is 2. The number of aliphatic hydroxyl groups is 3. The van der Waals surface area contributed by atoms with Crippen molar-refractivity contribution >= 4 is 22.1 Å². The molecule has 6 atom stereocenters.